The van der Waals surface area contributed by atoms with Crippen molar-refractivity contribution in [3.8, 4) is 28.7 Å². The Hall–Kier alpha value is -4.72. The van der Waals surface area contributed by atoms with Crippen LogP contribution in [0.5, 0.6) is 28.7 Å². The number of anilines is 4. The van der Waals surface area contributed by atoms with E-state index in [1.165, 1.54) is 11.3 Å². The molecule has 0 saturated heterocycles. The standard InChI is InChI=1S/C14H13NO.C6H8N2.C6H6O4.2C2H6/c1-9-6-13-11(8-14(9)16)7-10-4-2-3-5-12(10)15-13;7-5-3-1-2-4-6(5)8;7-3-1-4(8)6(10)2-5(3)9;2*1-2/h2-6,8,15-16H,7H2,1H3;1-4H,7-8H2;1-2,7-10H;2*1-2H3. The zero-order valence-electron chi connectivity index (χ0n) is 22.5. The molecule has 1 aliphatic heterocycles. The number of para-hydroxylation sites is 3. The van der Waals surface area contributed by atoms with Crippen LogP contribution in [0.15, 0.2) is 72.8 Å². The van der Waals surface area contributed by atoms with E-state index in [9.17, 15) is 5.11 Å². The number of hydrogen-bond donors (Lipinski definition) is 8. The van der Waals surface area contributed by atoms with Gasteiger partial charge in [0.25, 0.3) is 0 Å². The first-order valence-electron chi connectivity index (χ1n) is 12.4. The smallest absolute Gasteiger partial charge is 0.161 e. The van der Waals surface area contributed by atoms with E-state index in [1.807, 2.05) is 71.0 Å². The van der Waals surface area contributed by atoms with Gasteiger partial charge < -0.3 is 42.3 Å². The maximum atomic E-state index is 9.70. The summed E-state index contributed by atoms with van der Waals surface area (Å²) in [5, 5.41) is 47.9. The molecule has 1 heterocycles. The van der Waals surface area contributed by atoms with Crippen LogP contribution in [0.25, 0.3) is 0 Å². The van der Waals surface area contributed by atoms with Crippen LogP contribution in [0.4, 0.5) is 22.7 Å². The van der Waals surface area contributed by atoms with Gasteiger partial charge in [-0.3, -0.25) is 0 Å². The number of hydrogen-bond acceptors (Lipinski definition) is 8. The summed E-state index contributed by atoms with van der Waals surface area (Å²) in [6.07, 6.45) is 0.881. The topological polar surface area (TPSA) is 165 Å². The van der Waals surface area contributed by atoms with Gasteiger partial charge in [-0.1, -0.05) is 58.0 Å². The summed E-state index contributed by atoms with van der Waals surface area (Å²) < 4.78 is 0. The molecule has 204 valence electrons. The Morgan fingerprint density at radius 3 is 1.47 bits per heavy atom. The molecular weight excluding hydrogens is 482 g/mol. The average molecular weight is 522 g/mol. The number of rotatable bonds is 0. The fourth-order valence-corrected chi connectivity index (χ4v) is 3.21. The van der Waals surface area contributed by atoms with Crippen molar-refractivity contribution in [3.05, 3.63) is 89.5 Å². The Labute approximate surface area is 224 Å². The number of phenols is 5. The molecule has 0 bridgehead atoms. The average Bonchev–Trinajstić information content (AvgIpc) is 2.92. The van der Waals surface area contributed by atoms with Crippen molar-refractivity contribution in [2.24, 2.45) is 0 Å². The second kappa shape index (κ2) is 15.4. The van der Waals surface area contributed by atoms with Gasteiger partial charge in [-0.2, -0.15) is 0 Å². The van der Waals surface area contributed by atoms with Gasteiger partial charge in [-0.25, -0.2) is 0 Å². The van der Waals surface area contributed by atoms with Crippen LogP contribution in [0, 0.1) is 6.92 Å². The highest BCUT2D eigenvalue weighted by Gasteiger charge is 2.15. The summed E-state index contributed by atoms with van der Waals surface area (Å²) in [6, 6.07) is 21.1. The zero-order chi connectivity index (χ0) is 28.8. The Kier molecular flexibility index (Phi) is 12.7. The second-order valence-electron chi connectivity index (χ2n) is 7.71. The van der Waals surface area contributed by atoms with Gasteiger partial charge in [0.1, 0.15) is 5.75 Å². The van der Waals surface area contributed by atoms with E-state index in [2.05, 4.69) is 17.4 Å². The molecule has 0 aromatic heterocycles. The third-order valence-electron chi connectivity index (χ3n) is 5.16. The van der Waals surface area contributed by atoms with E-state index >= 15 is 0 Å². The number of fused-ring (bicyclic) bond motifs is 2. The number of aryl methyl sites for hydroxylation is 1. The normalized spacial score (nSPS) is 10.0. The first kappa shape index (κ1) is 31.3. The predicted molar refractivity (Wildman–Crippen MR) is 156 cm³/mol. The van der Waals surface area contributed by atoms with Crippen molar-refractivity contribution < 1.29 is 25.5 Å². The molecule has 8 nitrogen and oxygen atoms in total. The molecule has 1 aliphatic rings. The molecule has 0 spiro atoms. The number of aromatic hydroxyl groups is 5. The molecule has 0 aliphatic carbocycles. The van der Waals surface area contributed by atoms with Crippen molar-refractivity contribution in [2.45, 2.75) is 41.0 Å². The lowest BCUT2D eigenvalue weighted by Crippen LogP contribution is -2.06. The van der Waals surface area contributed by atoms with Gasteiger partial charge in [0.2, 0.25) is 0 Å². The van der Waals surface area contributed by atoms with Gasteiger partial charge in [0.05, 0.1) is 11.4 Å². The molecule has 0 radical (unpaired) electrons. The highest BCUT2D eigenvalue weighted by atomic mass is 16.3. The SMILES string of the molecule is CC.CC.Cc1cc2c(cc1O)Cc1ccccc1N2.Nc1ccccc1N.Oc1cc(O)c(O)cc1O. The molecule has 10 N–H and O–H groups in total. The van der Waals surface area contributed by atoms with E-state index in [4.69, 9.17) is 31.9 Å². The van der Waals surface area contributed by atoms with E-state index < -0.39 is 23.0 Å². The van der Waals surface area contributed by atoms with Crippen molar-refractivity contribution >= 4 is 22.7 Å². The first-order valence-corrected chi connectivity index (χ1v) is 12.4. The molecule has 5 rings (SSSR count). The fourth-order valence-electron chi connectivity index (χ4n) is 3.21. The molecule has 38 heavy (non-hydrogen) atoms. The molecule has 0 atom stereocenters. The lowest BCUT2D eigenvalue weighted by Gasteiger charge is -2.22. The minimum atomic E-state index is -0.463. The summed E-state index contributed by atoms with van der Waals surface area (Å²) in [7, 11) is 0. The van der Waals surface area contributed by atoms with Crippen molar-refractivity contribution in [2.75, 3.05) is 16.8 Å². The van der Waals surface area contributed by atoms with Crippen LogP contribution in [0.2, 0.25) is 0 Å². The molecule has 0 unspecified atom stereocenters. The molecule has 0 amide bonds. The third-order valence-corrected chi connectivity index (χ3v) is 5.16. The van der Waals surface area contributed by atoms with Gasteiger partial charge in [0.15, 0.2) is 23.0 Å². The largest absolute Gasteiger partial charge is 0.508 e. The van der Waals surface area contributed by atoms with Crippen LogP contribution in [0.3, 0.4) is 0 Å². The minimum Gasteiger partial charge on any atom is -0.508 e. The summed E-state index contributed by atoms with van der Waals surface area (Å²) in [5.41, 5.74) is 17.7. The minimum absolute atomic E-state index is 0.375. The summed E-state index contributed by atoms with van der Waals surface area (Å²) >= 11 is 0. The van der Waals surface area contributed by atoms with Gasteiger partial charge in [-0.15, -0.1) is 0 Å². The Balaban J connectivity index is 0.000000285. The van der Waals surface area contributed by atoms with Gasteiger partial charge in [-0.05, 0) is 53.9 Å². The molecule has 8 heteroatoms. The summed E-state index contributed by atoms with van der Waals surface area (Å²) in [6.45, 7) is 9.91. The number of phenolic OH excluding ortho intramolecular Hbond substituents is 5. The van der Waals surface area contributed by atoms with Crippen molar-refractivity contribution in [3.63, 3.8) is 0 Å². The number of nitrogens with two attached hydrogens (primary N) is 2. The first-order chi connectivity index (χ1) is 18.2. The third kappa shape index (κ3) is 8.74. The number of nitrogen functional groups attached to an aromatic ring is 2. The van der Waals surface area contributed by atoms with Gasteiger partial charge in [0, 0.05) is 29.9 Å². The number of benzene rings is 4. The van der Waals surface area contributed by atoms with Crippen LogP contribution >= 0.6 is 0 Å². The van der Waals surface area contributed by atoms with Gasteiger partial charge >= 0.3 is 0 Å². The van der Waals surface area contributed by atoms with Crippen molar-refractivity contribution in [1.82, 2.24) is 0 Å². The second-order valence-corrected chi connectivity index (χ2v) is 7.71. The monoisotopic (exact) mass is 521 g/mol. The Bertz CT molecular complexity index is 1190. The van der Waals surface area contributed by atoms with Crippen LogP contribution in [0.1, 0.15) is 44.4 Å². The highest BCUT2D eigenvalue weighted by Crippen LogP contribution is 2.36. The molecule has 0 fully saturated rings. The highest BCUT2D eigenvalue weighted by molar-refractivity contribution is 5.73. The van der Waals surface area contributed by atoms with Crippen LogP contribution in [-0.4, -0.2) is 25.5 Å². The molecular formula is C30H39N3O5. The number of nitrogens with one attached hydrogen (secondary N) is 1. The summed E-state index contributed by atoms with van der Waals surface area (Å²) in [5.74, 6) is -1.48. The lowest BCUT2D eigenvalue weighted by molar-refractivity contribution is 0.373. The Morgan fingerprint density at radius 1 is 0.553 bits per heavy atom. The van der Waals surface area contributed by atoms with Crippen molar-refractivity contribution in [1.29, 1.82) is 0 Å². The maximum Gasteiger partial charge on any atom is 0.161 e. The van der Waals surface area contributed by atoms with E-state index in [-0.39, 0.29) is 0 Å². The zero-order valence-corrected chi connectivity index (χ0v) is 22.5. The van der Waals surface area contributed by atoms with E-state index in [0.29, 0.717) is 17.1 Å². The van der Waals surface area contributed by atoms with Crippen LogP contribution < -0.4 is 16.8 Å². The molecule has 4 aromatic carbocycles. The van der Waals surface area contributed by atoms with E-state index in [1.54, 1.807) is 12.1 Å². The van der Waals surface area contributed by atoms with Crippen LogP contribution in [-0.2, 0) is 6.42 Å². The summed E-state index contributed by atoms with van der Waals surface area (Å²) in [4.78, 5) is 0. The maximum absolute atomic E-state index is 9.70. The molecule has 4 aromatic rings. The Morgan fingerprint density at radius 2 is 1.00 bits per heavy atom. The quantitative estimate of drug-likeness (QED) is 0.0628. The lowest BCUT2D eigenvalue weighted by atomic mass is 9.96. The van der Waals surface area contributed by atoms with E-state index in [0.717, 1.165) is 35.4 Å². The predicted octanol–water partition coefficient (Wildman–Crippen LogP) is 6.76. The molecule has 0 saturated carbocycles. The fraction of sp³-hybridized carbons (Fsp3) is 0.200.